The highest BCUT2D eigenvalue weighted by Crippen LogP contribution is 2.55. The van der Waals surface area contributed by atoms with E-state index >= 15 is 0 Å². The first-order chi connectivity index (χ1) is 24.0. The molecule has 1 aliphatic rings. The van der Waals surface area contributed by atoms with Gasteiger partial charge in [0.25, 0.3) is 0 Å². The molecular weight excluding hydrogens is 595 g/mol. The SMILES string of the molecule is CC1(C)c2ccccc2-c2c(-c3cc(-c4ccccc4)cc(-c4nc(-c5ccccc5)nc(-c5ccccc5)n4)c3)cc3ccccc3c21. The van der Waals surface area contributed by atoms with Crippen molar-refractivity contribution in [3.05, 3.63) is 175 Å². The number of fused-ring (bicyclic) bond motifs is 5. The van der Waals surface area contributed by atoms with Crippen LogP contribution >= 0.6 is 0 Å². The molecule has 0 spiro atoms. The van der Waals surface area contributed by atoms with E-state index in [2.05, 4.69) is 141 Å². The van der Waals surface area contributed by atoms with Gasteiger partial charge in [-0.3, -0.25) is 0 Å². The minimum Gasteiger partial charge on any atom is -0.208 e. The van der Waals surface area contributed by atoms with Gasteiger partial charge in [0.1, 0.15) is 0 Å². The van der Waals surface area contributed by atoms with Crippen molar-refractivity contribution >= 4 is 10.8 Å². The van der Waals surface area contributed by atoms with Crippen LogP contribution in [0.3, 0.4) is 0 Å². The zero-order valence-corrected chi connectivity index (χ0v) is 27.4. The summed E-state index contributed by atoms with van der Waals surface area (Å²) in [6.07, 6.45) is 0. The van der Waals surface area contributed by atoms with Crippen molar-refractivity contribution in [2.24, 2.45) is 0 Å². The van der Waals surface area contributed by atoms with Gasteiger partial charge in [0.2, 0.25) is 0 Å². The first-order valence-electron chi connectivity index (χ1n) is 16.8. The fourth-order valence-electron chi connectivity index (χ4n) is 7.53. The lowest BCUT2D eigenvalue weighted by atomic mass is 9.79. The lowest BCUT2D eigenvalue weighted by Gasteiger charge is -2.24. The quantitative estimate of drug-likeness (QED) is 0.191. The zero-order valence-electron chi connectivity index (χ0n) is 27.4. The summed E-state index contributed by atoms with van der Waals surface area (Å²) in [5.41, 5.74) is 12.7. The first kappa shape index (κ1) is 29.0. The molecule has 1 aromatic heterocycles. The molecule has 1 aliphatic carbocycles. The Bertz CT molecular complexity index is 2440. The smallest absolute Gasteiger partial charge is 0.164 e. The van der Waals surface area contributed by atoms with Gasteiger partial charge in [-0.2, -0.15) is 0 Å². The predicted molar refractivity (Wildman–Crippen MR) is 202 cm³/mol. The van der Waals surface area contributed by atoms with Gasteiger partial charge in [0.15, 0.2) is 17.5 Å². The van der Waals surface area contributed by atoms with E-state index in [1.807, 2.05) is 36.4 Å². The standard InChI is InChI=1S/C46H33N3/c1-46(2)40-25-15-14-24-38(40)41-39(29-33-22-12-13-23-37(33)42(41)46)35-26-34(30-16-6-3-7-17-30)27-36(28-35)45-48-43(31-18-8-4-9-19-31)47-44(49-45)32-20-10-5-11-21-32/h3-29H,1-2H3. The second kappa shape index (κ2) is 11.5. The average Bonchev–Trinajstić information content (AvgIpc) is 3.42. The van der Waals surface area contributed by atoms with Crippen molar-refractivity contribution in [1.29, 1.82) is 0 Å². The van der Waals surface area contributed by atoms with Crippen LogP contribution < -0.4 is 0 Å². The predicted octanol–water partition coefficient (Wildman–Crippen LogP) is 11.7. The van der Waals surface area contributed by atoms with Gasteiger partial charge in [-0.05, 0) is 79.5 Å². The minimum absolute atomic E-state index is 0.148. The highest BCUT2D eigenvalue weighted by molar-refractivity contribution is 6.05. The van der Waals surface area contributed by atoms with Gasteiger partial charge in [-0.25, -0.2) is 15.0 Å². The van der Waals surface area contributed by atoms with E-state index < -0.39 is 0 Å². The summed E-state index contributed by atoms with van der Waals surface area (Å²) in [7, 11) is 0. The lowest BCUT2D eigenvalue weighted by Crippen LogP contribution is -2.15. The van der Waals surface area contributed by atoms with Crippen LogP contribution in [-0.2, 0) is 5.41 Å². The number of aromatic nitrogens is 3. The van der Waals surface area contributed by atoms with Crippen LogP contribution in [0.2, 0.25) is 0 Å². The summed E-state index contributed by atoms with van der Waals surface area (Å²) in [5, 5.41) is 2.54. The fourth-order valence-corrected chi connectivity index (χ4v) is 7.53. The number of hydrogen-bond donors (Lipinski definition) is 0. The molecule has 3 nitrogen and oxygen atoms in total. The molecule has 1 heterocycles. The Morgan fingerprint density at radius 1 is 0.388 bits per heavy atom. The first-order valence-corrected chi connectivity index (χ1v) is 16.8. The molecule has 3 heteroatoms. The molecule has 49 heavy (non-hydrogen) atoms. The topological polar surface area (TPSA) is 38.7 Å². The summed E-state index contributed by atoms with van der Waals surface area (Å²) in [6, 6.07) is 57.8. The number of nitrogens with zero attached hydrogens (tertiary/aromatic N) is 3. The molecule has 8 aromatic rings. The summed E-state index contributed by atoms with van der Waals surface area (Å²) >= 11 is 0. The number of rotatable bonds is 5. The molecule has 0 saturated carbocycles. The van der Waals surface area contributed by atoms with E-state index in [9.17, 15) is 0 Å². The molecule has 0 fully saturated rings. The highest BCUT2D eigenvalue weighted by atomic mass is 15.0. The van der Waals surface area contributed by atoms with Crippen molar-refractivity contribution in [2.45, 2.75) is 19.3 Å². The van der Waals surface area contributed by atoms with E-state index in [0.29, 0.717) is 17.5 Å². The monoisotopic (exact) mass is 627 g/mol. The molecule has 0 atom stereocenters. The summed E-state index contributed by atoms with van der Waals surface area (Å²) in [4.78, 5) is 15.2. The van der Waals surface area contributed by atoms with Gasteiger partial charge < -0.3 is 0 Å². The van der Waals surface area contributed by atoms with E-state index in [1.165, 1.54) is 38.6 Å². The maximum absolute atomic E-state index is 5.13. The summed E-state index contributed by atoms with van der Waals surface area (Å²) < 4.78 is 0. The minimum atomic E-state index is -0.148. The van der Waals surface area contributed by atoms with Gasteiger partial charge in [-0.1, -0.05) is 153 Å². The second-order valence-corrected chi connectivity index (χ2v) is 13.3. The van der Waals surface area contributed by atoms with Crippen LogP contribution in [0.5, 0.6) is 0 Å². The molecule has 0 radical (unpaired) electrons. The molecule has 0 N–H and O–H groups in total. The number of hydrogen-bond acceptors (Lipinski definition) is 3. The largest absolute Gasteiger partial charge is 0.208 e. The molecule has 0 saturated heterocycles. The molecule has 7 aromatic carbocycles. The maximum atomic E-state index is 5.13. The molecule has 0 amide bonds. The van der Waals surface area contributed by atoms with E-state index in [-0.39, 0.29) is 5.41 Å². The van der Waals surface area contributed by atoms with Gasteiger partial charge >= 0.3 is 0 Å². The normalized spacial score (nSPS) is 12.9. The Hall–Kier alpha value is -6.19. The molecule has 0 unspecified atom stereocenters. The molecule has 0 aliphatic heterocycles. The third kappa shape index (κ3) is 4.94. The van der Waals surface area contributed by atoms with E-state index in [0.717, 1.165) is 33.4 Å². The van der Waals surface area contributed by atoms with Crippen molar-refractivity contribution in [3.63, 3.8) is 0 Å². The summed E-state index contributed by atoms with van der Waals surface area (Å²) in [5.74, 6) is 1.95. The highest BCUT2D eigenvalue weighted by Gasteiger charge is 2.38. The fraction of sp³-hybridized carbons (Fsp3) is 0.0652. The van der Waals surface area contributed by atoms with Gasteiger partial charge in [-0.15, -0.1) is 0 Å². The Balaban J connectivity index is 1.34. The lowest BCUT2D eigenvalue weighted by molar-refractivity contribution is 0.666. The van der Waals surface area contributed by atoms with E-state index in [1.54, 1.807) is 0 Å². The Morgan fingerprint density at radius 3 is 1.53 bits per heavy atom. The van der Waals surface area contributed by atoms with Crippen LogP contribution in [0.4, 0.5) is 0 Å². The van der Waals surface area contributed by atoms with Crippen LogP contribution in [0.15, 0.2) is 164 Å². The molecular formula is C46H33N3. The van der Waals surface area contributed by atoms with Gasteiger partial charge in [0, 0.05) is 22.1 Å². The second-order valence-electron chi connectivity index (χ2n) is 13.3. The Labute approximate surface area is 286 Å². The third-order valence-corrected chi connectivity index (χ3v) is 9.85. The number of benzene rings is 7. The average molecular weight is 628 g/mol. The van der Waals surface area contributed by atoms with Crippen LogP contribution in [0.1, 0.15) is 25.0 Å². The molecule has 232 valence electrons. The van der Waals surface area contributed by atoms with E-state index in [4.69, 9.17) is 15.0 Å². The maximum Gasteiger partial charge on any atom is 0.164 e. The van der Waals surface area contributed by atoms with Crippen LogP contribution in [-0.4, -0.2) is 15.0 Å². The van der Waals surface area contributed by atoms with Crippen molar-refractivity contribution in [1.82, 2.24) is 15.0 Å². The Morgan fingerprint density at radius 2 is 0.878 bits per heavy atom. The zero-order chi connectivity index (χ0) is 33.0. The van der Waals surface area contributed by atoms with Crippen molar-refractivity contribution < 1.29 is 0 Å². The molecule has 0 bridgehead atoms. The summed E-state index contributed by atoms with van der Waals surface area (Å²) in [6.45, 7) is 4.72. The third-order valence-electron chi connectivity index (χ3n) is 9.85. The van der Waals surface area contributed by atoms with Crippen molar-refractivity contribution in [2.75, 3.05) is 0 Å². The van der Waals surface area contributed by atoms with Crippen LogP contribution in [0.25, 0.3) is 78.3 Å². The van der Waals surface area contributed by atoms with Crippen LogP contribution in [0, 0.1) is 0 Å². The van der Waals surface area contributed by atoms with Crippen molar-refractivity contribution in [3.8, 4) is 67.5 Å². The Kier molecular flexibility index (Phi) is 6.80. The molecule has 9 rings (SSSR count). The van der Waals surface area contributed by atoms with Gasteiger partial charge in [0.05, 0.1) is 0 Å².